The quantitative estimate of drug-likeness (QED) is 0.394. The Balaban J connectivity index is 1.78. The van der Waals surface area contributed by atoms with Crippen LogP contribution < -0.4 is 20.5 Å². The lowest BCUT2D eigenvalue weighted by Gasteiger charge is -2.19. The maximum absolute atomic E-state index is 15.9. The van der Waals surface area contributed by atoms with E-state index in [0.717, 1.165) is 16.9 Å². The van der Waals surface area contributed by atoms with E-state index >= 15 is 4.39 Å². The van der Waals surface area contributed by atoms with E-state index in [0.29, 0.717) is 27.7 Å². The highest BCUT2D eigenvalue weighted by Gasteiger charge is 2.37. The molecule has 1 aliphatic rings. The van der Waals surface area contributed by atoms with Crippen molar-refractivity contribution < 1.29 is 23.5 Å². The molecule has 2 amide bonds. The summed E-state index contributed by atoms with van der Waals surface area (Å²) in [5.74, 6) is -0.653. The minimum absolute atomic E-state index is 0.0126. The van der Waals surface area contributed by atoms with E-state index in [4.69, 9.17) is 15.2 Å². The smallest absolute Gasteiger partial charge is 0.257 e. The number of methoxy groups -OCH3 is 2. The molecule has 0 spiro atoms. The zero-order chi connectivity index (χ0) is 27.6. The number of fused-ring (bicyclic) bond motifs is 1. The molecular formula is C27H28FN5O4S. The van der Waals surface area contributed by atoms with Crippen LogP contribution in [0.3, 0.4) is 0 Å². The van der Waals surface area contributed by atoms with Crippen molar-refractivity contribution in [3.8, 4) is 28.1 Å². The van der Waals surface area contributed by atoms with E-state index in [1.165, 1.54) is 12.0 Å². The number of amides is 2. The zero-order valence-electron chi connectivity index (χ0n) is 21.5. The number of nitrogens with one attached hydrogen (secondary N) is 1. The second-order valence-corrected chi connectivity index (χ2v) is 10.4. The number of thiophene rings is 1. The summed E-state index contributed by atoms with van der Waals surface area (Å²) >= 11 is 1.15. The molecule has 1 aromatic carbocycles. The summed E-state index contributed by atoms with van der Waals surface area (Å²) in [5.41, 5.74) is 6.83. The summed E-state index contributed by atoms with van der Waals surface area (Å²) < 4.78 is 26.6. The Hall–Kier alpha value is -4.17. The number of carbonyl (C=O) groups excluding carboxylic acids is 2. The van der Waals surface area contributed by atoms with E-state index in [9.17, 15) is 14.9 Å². The van der Waals surface area contributed by atoms with Crippen LogP contribution in [0.5, 0.6) is 11.5 Å². The van der Waals surface area contributed by atoms with Gasteiger partial charge in [0.2, 0.25) is 5.91 Å². The third-order valence-electron chi connectivity index (χ3n) is 6.25. The lowest BCUT2D eigenvalue weighted by molar-refractivity contribution is -0.119. The molecule has 4 rings (SSSR count). The van der Waals surface area contributed by atoms with Crippen LogP contribution in [0.4, 0.5) is 10.2 Å². The number of hydrogen-bond acceptors (Lipinski definition) is 8. The summed E-state index contributed by atoms with van der Waals surface area (Å²) in [7, 11) is 3.07. The van der Waals surface area contributed by atoms with E-state index < -0.39 is 23.7 Å². The molecule has 0 radical (unpaired) electrons. The fourth-order valence-electron chi connectivity index (χ4n) is 4.41. The highest BCUT2D eigenvalue weighted by Crippen LogP contribution is 2.39. The molecule has 1 unspecified atom stereocenters. The highest BCUT2D eigenvalue weighted by atomic mass is 32.1. The molecule has 0 saturated carbocycles. The number of benzene rings is 1. The predicted octanol–water partition coefficient (Wildman–Crippen LogP) is 4.31. The number of nitriles is 1. The van der Waals surface area contributed by atoms with Crippen LogP contribution in [-0.2, 0) is 17.9 Å². The van der Waals surface area contributed by atoms with Crippen LogP contribution in [-0.4, -0.2) is 42.0 Å². The molecule has 198 valence electrons. The maximum atomic E-state index is 15.9. The van der Waals surface area contributed by atoms with Crippen molar-refractivity contribution in [3.63, 3.8) is 0 Å². The van der Waals surface area contributed by atoms with Gasteiger partial charge in [-0.15, -0.1) is 11.3 Å². The number of nitrogens with zero attached hydrogens (tertiary/aromatic N) is 3. The molecule has 3 aromatic rings. The van der Waals surface area contributed by atoms with Gasteiger partial charge in [-0.25, -0.2) is 9.37 Å². The first-order chi connectivity index (χ1) is 18.2. The number of halogens is 1. The molecule has 3 N–H and O–H groups in total. The Kier molecular flexibility index (Phi) is 7.83. The number of rotatable bonds is 10. The number of hydrogen-bond donors (Lipinski definition) is 2. The molecule has 0 saturated heterocycles. The molecule has 9 nitrogen and oxygen atoms in total. The van der Waals surface area contributed by atoms with Gasteiger partial charge in [0.15, 0.2) is 11.6 Å². The number of aromatic nitrogens is 1. The van der Waals surface area contributed by atoms with Crippen LogP contribution in [0.25, 0.3) is 10.6 Å². The molecule has 38 heavy (non-hydrogen) atoms. The van der Waals surface area contributed by atoms with Crippen molar-refractivity contribution >= 4 is 29.0 Å². The van der Waals surface area contributed by atoms with Gasteiger partial charge in [-0.05, 0) is 36.6 Å². The van der Waals surface area contributed by atoms with Gasteiger partial charge in [-0.2, -0.15) is 5.26 Å². The van der Waals surface area contributed by atoms with Gasteiger partial charge in [0, 0.05) is 23.7 Å². The number of carbonyl (C=O) groups is 2. The summed E-state index contributed by atoms with van der Waals surface area (Å²) in [5, 5.41) is 12.2. The Morgan fingerprint density at radius 3 is 2.66 bits per heavy atom. The van der Waals surface area contributed by atoms with Crippen LogP contribution in [0, 0.1) is 23.1 Å². The van der Waals surface area contributed by atoms with Gasteiger partial charge in [0.05, 0.1) is 36.9 Å². The van der Waals surface area contributed by atoms with Crippen molar-refractivity contribution in [2.24, 2.45) is 11.7 Å². The standard InChI is InChI=1S/C27H28FN5O4S/c1-14(2)9-19(25(30)34)31-26-23(28)18-13-33(12-15-5-6-16(36-3)10-20(15)37-4)27(35)22(18)24(32-26)21-8-7-17(11-29)38-21/h5-8,10,14,19H,9,12-13H2,1-4H3,(H2,30,34)(H,31,32). The maximum Gasteiger partial charge on any atom is 0.257 e. The van der Waals surface area contributed by atoms with E-state index in [1.807, 2.05) is 13.8 Å². The molecular weight excluding hydrogens is 509 g/mol. The van der Waals surface area contributed by atoms with Gasteiger partial charge in [0.25, 0.3) is 5.91 Å². The Morgan fingerprint density at radius 1 is 1.29 bits per heavy atom. The molecule has 0 aliphatic carbocycles. The zero-order valence-corrected chi connectivity index (χ0v) is 22.3. The Labute approximate surface area is 224 Å². The average Bonchev–Trinajstić information content (AvgIpc) is 3.50. The minimum atomic E-state index is -0.849. The van der Waals surface area contributed by atoms with Crippen molar-refractivity contribution in [2.45, 2.75) is 39.4 Å². The van der Waals surface area contributed by atoms with Gasteiger partial charge in [0.1, 0.15) is 28.5 Å². The first-order valence-electron chi connectivity index (χ1n) is 12.0. The number of nitrogens with two attached hydrogens (primary N) is 1. The number of anilines is 1. The van der Waals surface area contributed by atoms with Crippen LogP contribution >= 0.6 is 11.3 Å². The molecule has 0 fully saturated rings. The third-order valence-corrected chi connectivity index (χ3v) is 7.25. The SMILES string of the molecule is COc1ccc(CN2Cc3c(F)c(NC(CC(C)C)C(N)=O)nc(-c4ccc(C#N)s4)c3C2=O)c(OC)c1. The summed E-state index contributed by atoms with van der Waals surface area (Å²) in [4.78, 5) is 32.6. The fraction of sp³-hybridized carbons (Fsp3) is 0.333. The lowest BCUT2D eigenvalue weighted by atomic mass is 10.0. The molecule has 2 aromatic heterocycles. The van der Waals surface area contributed by atoms with Crippen molar-refractivity contribution in [3.05, 3.63) is 57.7 Å². The van der Waals surface area contributed by atoms with Crippen molar-refractivity contribution in [1.29, 1.82) is 5.26 Å². The fourth-order valence-corrected chi connectivity index (χ4v) is 5.21. The third kappa shape index (κ3) is 5.26. The Morgan fingerprint density at radius 2 is 2.05 bits per heavy atom. The summed E-state index contributed by atoms with van der Waals surface area (Å²) in [6.07, 6.45) is 0.378. The molecule has 0 bridgehead atoms. The minimum Gasteiger partial charge on any atom is -0.497 e. The molecule has 3 heterocycles. The van der Waals surface area contributed by atoms with Crippen LogP contribution in [0.2, 0.25) is 0 Å². The first-order valence-corrected chi connectivity index (χ1v) is 12.8. The monoisotopic (exact) mass is 537 g/mol. The topological polar surface area (TPSA) is 131 Å². The van der Waals surface area contributed by atoms with Crippen molar-refractivity contribution in [2.75, 3.05) is 19.5 Å². The van der Waals surface area contributed by atoms with E-state index in [1.54, 1.807) is 37.4 Å². The molecule has 11 heteroatoms. The predicted molar refractivity (Wildman–Crippen MR) is 141 cm³/mol. The highest BCUT2D eigenvalue weighted by molar-refractivity contribution is 7.16. The van der Waals surface area contributed by atoms with Gasteiger partial charge in [-0.3, -0.25) is 9.59 Å². The van der Waals surface area contributed by atoms with E-state index in [-0.39, 0.29) is 41.6 Å². The lowest BCUT2D eigenvalue weighted by Crippen LogP contribution is -2.37. The van der Waals surface area contributed by atoms with Crippen LogP contribution in [0.15, 0.2) is 30.3 Å². The number of primary amides is 1. The largest absolute Gasteiger partial charge is 0.497 e. The molecule has 1 aliphatic heterocycles. The number of pyridine rings is 1. The first kappa shape index (κ1) is 26.9. The normalized spacial score (nSPS) is 13.3. The summed E-state index contributed by atoms with van der Waals surface area (Å²) in [6.45, 7) is 4.00. The second-order valence-electron chi connectivity index (χ2n) is 9.32. The average molecular weight is 538 g/mol. The Bertz CT molecular complexity index is 1430. The summed E-state index contributed by atoms with van der Waals surface area (Å²) in [6, 6.07) is 9.78. The second kappa shape index (κ2) is 11.1. The van der Waals surface area contributed by atoms with E-state index in [2.05, 4.69) is 16.4 Å². The van der Waals surface area contributed by atoms with Gasteiger partial charge >= 0.3 is 0 Å². The van der Waals surface area contributed by atoms with Crippen molar-refractivity contribution in [1.82, 2.24) is 9.88 Å². The van der Waals surface area contributed by atoms with Gasteiger partial charge in [-0.1, -0.05) is 13.8 Å². The van der Waals surface area contributed by atoms with Crippen LogP contribution in [0.1, 0.15) is 46.6 Å². The van der Waals surface area contributed by atoms with Gasteiger partial charge < -0.3 is 25.4 Å². The number of ether oxygens (including phenoxy) is 2. The molecule has 1 atom stereocenters.